The first kappa shape index (κ1) is 12.0. The van der Waals surface area contributed by atoms with Crippen LogP contribution >= 0.6 is 0 Å². The van der Waals surface area contributed by atoms with Crippen molar-refractivity contribution in [1.29, 1.82) is 0 Å². The predicted molar refractivity (Wildman–Crippen MR) is 79.3 cm³/mol. The minimum Gasteiger partial charge on any atom is -0.260 e. The molecule has 2 heteroatoms. The number of fused-ring (bicyclic) bond motifs is 1. The molecule has 0 radical (unpaired) electrons. The molecule has 0 amide bonds. The van der Waals surface area contributed by atoms with E-state index in [4.69, 9.17) is 5.10 Å². The van der Waals surface area contributed by atoms with Crippen LogP contribution in [0.3, 0.4) is 0 Å². The lowest BCUT2D eigenvalue weighted by Gasteiger charge is -2.03. The zero-order valence-corrected chi connectivity index (χ0v) is 11.2. The van der Waals surface area contributed by atoms with Gasteiger partial charge in [-0.1, -0.05) is 61.9 Å². The summed E-state index contributed by atoms with van der Waals surface area (Å²) in [6, 6.07) is 19.0. The van der Waals surface area contributed by atoms with Gasteiger partial charge in [0.25, 0.3) is 0 Å². The molecule has 0 bridgehead atoms. The Labute approximate surface area is 113 Å². The molecular weight excluding hydrogens is 232 g/mol. The molecule has 0 aliphatic carbocycles. The maximum Gasteiger partial charge on any atom is 0.0703 e. The van der Waals surface area contributed by atoms with Crippen molar-refractivity contribution in [3.63, 3.8) is 0 Å². The van der Waals surface area contributed by atoms with Gasteiger partial charge in [-0.15, -0.1) is 0 Å². The molecule has 2 nitrogen and oxygen atoms in total. The molecule has 3 aromatic rings. The third-order valence-electron chi connectivity index (χ3n) is 3.40. The highest BCUT2D eigenvalue weighted by molar-refractivity contribution is 5.82. The van der Waals surface area contributed by atoms with Crippen molar-refractivity contribution in [3.8, 4) is 0 Å². The first-order valence-electron chi connectivity index (χ1n) is 6.87. The Bertz CT molecular complexity index is 668. The van der Waals surface area contributed by atoms with Crippen LogP contribution in [0.25, 0.3) is 10.9 Å². The molecule has 0 aliphatic heterocycles. The van der Waals surface area contributed by atoms with E-state index in [-0.39, 0.29) is 0 Å². The van der Waals surface area contributed by atoms with Crippen LogP contribution in [0.4, 0.5) is 0 Å². The van der Waals surface area contributed by atoms with Crippen LogP contribution < -0.4 is 0 Å². The number of hydrogen-bond acceptors (Lipinski definition) is 1. The highest BCUT2D eigenvalue weighted by atomic mass is 15.3. The van der Waals surface area contributed by atoms with Gasteiger partial charge < -0.3 is 0 Å². The molecule has 96 valence electrons. The molecule has 0 atom stereocenters. The first-order chi connectivity index (χ1) is 9.38. The fourth-order valence-electron chi connectivity index (χ4n) is 2.49. The maximum absolute atomic E-state index is 4.79. The second-order valence-corrected chi connectivity index (χ2v) is 4.86. The van der Waals surface area contributed by atoms with Crippen LogP contribution in [0, 0.1) is 0 Å². The molecule has 0 fully saturated rings. The lowest BCUT2D eigenvalue weighted by atomic mass is 10.1. The number of aryl methyl sites for hydroxylation is 1. The van der Waals surface area contributed by atoms with Crippen LogP contribution in [-0.4, -0.2) is 9.78 Å². The van der Waals surface area contributed by atoms with Crippen LogP contribution in [0.2, 0.25) is 0 Å². The number of hydrogen-bond donors (Lipinski definition) is 0. The lowest BCUT2D eigenvalue weighted by molar-refractivity contribution is 0.688. The minimum atomic E-state index is 0.838. The van der Waals surface area contributed by atoms with Gasteiger partial charge in [0.1, 0.15) is 0 Å². The molecule has 1 aromatic heterocycles. The van der Waals surface area contributed by atoms with Gasteiger partial charge in [0.2, 0.25) is 0 Å². The molecule has 0 saturated carbocycles. The van der Waals surface area contributed by atoms with E-state index in [1.807, 2.05) is 6.07 Å². The maximum atomic E-state index is 4.79. The number of benzene rings is 2. The van der Waals surface area contributed by atoms with E-state index in [0.717, 1.165) is 19.4 Å². The molecule has 0 saturated heterocycles. The first-order valence-corrected chi connectivity index (χ1v) is 6.87. The van der Waals surface area contributed by atoms with Crippen molar-refractivity contribution in [2.24, 2.45) is 0 Å². The summed E-state index contributed by atoms with van der Waals surface area (Å²) in [6.07, 6.45) is 2.18. The summed E-state index contributed by atoms with van der Waals surface area (Å²) in [5, 5.41) is 6.08. The van der Waals surface area contributed by atoms with Gasteiger partial charge in [0, 0.05) is 5.39 Å². The summed E-state index contributed by atoms with van der Waals surface area (Å²) < 4.78 is 2.12. The normalized spacial score (nSPS) is 11.0. The van der Waals surface area contributed by atoms with E-state index < -0.39 is 0 Å². The molecule has 19 heavy (non-hydrogen) atoms. The SMILES string of the molecule is CCCc1nn(Cc2ccccc2)c2ccccc12. The second kappa shape index (κ2) is 5.27. The standard InChI is InChI=1S/C17H18N2/c1-2-8-16-15-11-6-7-12-17(15)19(18-16)13-14-9-4-3-5-10-14/h3-7,9-12H,2,8,13H2,1H3. The Hall–Kier alpha value is -2.09. The minimum absolute atomic E-state index is 0.838. The Kier molecular flexibility index (Phi) is 3.32. The topological polar surface area (TPSA) is 17.8 Å². The second-order valence-electron chi connectivity index (χ2n) is 4.86. The number of para-hydroxylation sites is 1. The van der Waals surface area contributed by atoms with E-state index in [1.54, 1.807) is 0 Å². The molecule has 0 aliphatic rings. The van der Waals surface area contributed by atoms with Gasteiger partial charge in [-0.25, -0.2) is 0 Å². The summed E-state index contributed by atoms with van der Waals surface area (Å²) in [5.41, 5.74) is 3.74. The lowest BCUT2D eigenvalue weighted by Crippen LogP contribution is -2.02. The van der Waals surface area contributed by atoms with Crippen LogP contribution in [0.5, 0.6) is 0 Å². The Balaban J connectivity index is 2.03. The van der Waals surface area contributed by atoms with Gasteiger partial charge in [-0.2, -0.15) is 5.10 Å². The van der Waals surface area contributed by atoms with E-state index >= 15 is 0 Å². The van der Waals surface area contributed by atoms with Gasteiger partial charge >= 0.3 is 0 Å². The van der Waals surface area contributed by atoms with Crippen LogP contribution in [-0.2, 0) is 13.0 Å². The Morgan fingerprint density at radius 2 is 1.68 bits per heavy atom. The smallest absolute Gasteiger partial charge is 0.0703 e. The average Bonchev–Trinajstić information content (AvgIpc) is 2.79. The largest absolute Gasteiger partial charge is 0.260 e. The summed E-state index contributed by atoms with van der Waals surface area (Å²) >= 11 is 0. The summed E-state index contributed by atoms with van der Waals surface area (Å²) in [7, 11) is 0. The third-order valence-corrected chi connectivity index (χ3v) is 3.40. The highest BCUT2D eigenvalue weighted by Crippen LogP contribution is 2.20. The fraction of sp³-hybridized carbons (Fsp3) is 0.235. The van der Waals surface area contributed by atoms with Crippen LogP contribution in [0.15, 0.2) is 54.6 Å². The Morgan fingerprint density at radius 1 is 0.947 bits per heavy atom. The fourth-order valence-corrected chi connectivity index (χ4v) is 2.49. The van der Waals surface area contributed by atoms with E-state index in [1.165, 1.54) is 22.2 Å². The average molecular weight is 250 g/mol. The summed E-state index contributed by atoms with van der Waals surface area (Å²) in [5.74, 6) is 0. The third kappa shape index (κ3) is 2.39. The van der Waals surface area contributed by atoms with Crippen molar-refractivity contribution in [2.45, 2.75) is 26.3 Å². The van der Waals surface area contributed by atoms with Gasteiger partial charge in [0.15, 0.2) is 0 Å². The number of nitrogens with zero attached hydrogens (tertiary/aromatic N) is 2. The zero-order valence-electron chi connectivity index (χ0n) is 11.2. The molecule has 3 rings (SSSR count). The molecule has 2 aromatic carbocycles. The number of rotatable bonds is 4. The van der Waals surface area contributed by atoms with Crippen molar-refractivity contribution >= 4 is 10.9 Å². The van der Waals surface area contributed by atoms with Crippen molar-refractivity contribution < 1.29 is 0 Å². The van der Waals surface area contributed by atoms with Crippen molar-refractivity contribution in [2.75, 3.05) is 0 Å². The molecule has 0 spiro atoms. The zero-order chi connectivity index (χ0) is 13.1. The molecular formula is C17H18N2. The van der Waals surface area contributed by atoms with E-state index in [0.29, 0.717) is 0 Å². The molecule has 1 heterocycles. The predicted octanol–water partition coefficient (Wildman–Crippen LogP) is 4.04. The van der Waals surface area contributed by atoms with E-state index in [9.17, 15) is 0 Å². The number of aromatic nitrogens is 2. The van der Waals surface area contributed by atoms with Gasteiger partial charge in [0.05, 0.1) is 17.8 Å². The van der Waals surface area contributed by atoms with Gasteiger partial charge in [-0.3, -0.25) is 4.68 Å². The van der Waals surface area contributed by atoms with Crippen LogP contribution in [0.1, 0.15) is 24.6 Å². The van der Waals surface area contributed by atoms with Crippen molar-refractivity contribution in [1.82, 2.24) is 9.78 Å². The van der Waals surface area contributed by atoms with E-state index in [2.05, 4.69) is 60.1 Å². The molecule has 0 unspecified atom stereocenters. The molecule has 0 N–H and O–H groups in total. The van der Waals surface area contributed by atoms with Crippen molar-refractivity contribution in [3.05, 3.63) is 65.9 Å². The Morgan fingerprint density at radius 3 is 2.47 bits per heavy atom. The summed E-state index contributed by atoms with van der Waals surface area (Å²) in [4.78, 5) is 0. The monoisotopic (exact) mass is 250 g/mol. The quantitative estimate of drug-likeness (QED) is 0.683. The highest BCUT2D eigenvalue weighted by Gasteiger charge is 2.09. The van der Waals surface area contributed by atoms with Gasteiger partial charge in [-0.05, 0) is 18.1 Å². The summed E-state index contributed by atoms with van der Waals surface area (Å²) in [6.45, 7) is 3.04.